The van der Waals surface area contributed by atoms with Gasteiger partial charge < -0.3 is 23.7 Å². The molecule has 0 unspecified atom stereocenters. The first-order chi connectivity index (χ1) is 14.8. The summed E-state index contributed by atoms with van der Waals surface area (Å²) in [5.41, 5.74) is 0.286. The average molecular weight is 455 g/mol. The van der Waals surface area contributed by atoms with Crippen LogP contribution in [0.5, 0.6) is 0 Å². The highest BCUT2D eigenvalue weighted by atomic mass is 16.7. The van der Waals surface area contributed by atoms with Crippen LogP contribution in [0.15, 0.2) is 11.1 Å². The fraction of sp³-hybridized carbons (Fsp3) is 0.600. The quantitative estimate of drug-likeness (QED) is 0.297. The lowest BCUT2D eigenvalue weighted by Crippen LogP contribution is -2.68. The summed E-state index contributed by atoms with van der Waals surface area (Å²) in [4.78, 5) is 73.2. The van der Waals surface area contributed by atoms with Gasteiger partial charge in [-0.15, -0.1) is 0 Å². The highest BCUT2D eigenvalue weighted by Crippen LogP contribution is 2.34. The standard InChI is InChI=1S/C20H25NO11/c1-8-9(2)19(27)21(18(8)26)15-17(30-12(5)24)16(29-11(4)23)14(7-28-10(3)22)32-20(15)31-13(6)25/h14-17,20H,7H2,1-6H3/t14-,15-,16-,17-,20-/m1/s1. The Balaban J connectivity index is 2.59. The third-order valence-electron chi connectivity index (χ3n) is 4.89. The predicted octanol–water partition coefficient (Wildman–Crippen LogP) is -0.225. The van der Waals surface area contributed by atoms with Gasteiger partial charge in [-0.2, -0.15) is 0 Å². The second-order valence-electron chi connectivity index (χ2n) is 7.32. The highest BCUT2D eigenvalue weighted by molar-refractivity contribution is 6.19. The summed E-state index contributed by atoms with van der Waals surface area (Å²) in [5.74, 6) is -4.54. The molecule has 32 heavy (non-hydrogen) atoms. The molecular weight excluding hydrogens is 430 g/mol. The van der Waals surface area contributed by atoms with Crippen molar-refractivity contribution in [2.75, 3.05) is 6.61 Å². The molecule has 0 aliphatic carbocycles. The van der Waals surface area contributed by atoms with Crippen molar-refractivity contribution in [3.05, 3.63) is 11.1 Å². The first-order valence-electron chi connectivity index (χ1n) is 9.71. The monoisotopic (exact) mass is 455 g/mol. The van der Waals surface area contributed by atoms with Crippen molar-refractivity contribution in [1.29, 1.82) is 0 Å². The highest BCUT2D eigenvalue weighted by Gasteiger charge is 2.57. The lowest BCUT2D eigenvalue weighted by atomic mass is 9.94. The number of hydrogen-bond acceptors (Lipinski definition) is 11. The summed E-state index contributed by atoms with van der Waals surface area (Å²) in [6.07, 6.45) is -5.72. The number of carbonyl (C=O) groups is 6. The Morgan fingerprint density at radius 1 is 0.781 bits per heavy atom. The molecule has 176 valence electrons. The van der Waals surface area contributed by atoms with E-state index < -0.39 is 72.9 Å². The third-order valence-corrected chi connectivity index (χ3v) is 4.89. The predicted molar refractivity (Wildman–Crippen MR) is 102 cm³/mol. The molecular formula is C20H25NO11. The van der Waals surface area contributed by atoms with Crippen molar-refractivity contribution in [2.45, 2.75) is 72.2 Å². The molecule has 0 radical (unpaired) electrons. The van der Waals surface area contributed by atoms with Gasteiger partial charge in [-0.3, -0.25) is 33.7 Å². The minimum atomic E-state index is -1.60. The Hall–Kier alpha value is -3.28. The van der Waals surface area contributed by atoms with E-state index >= 15 is 0 Å². The summed E-state index contributed by atoms with van der Waals surface area (Å²) in [6.45, 7) is 6.79. The molecule has 1 fully saturated rings. The summed E-state index contributed by atoms with van der Waals surface area (Å²) in [7, 11) is 0. The fourth-order valence-electron chi connectivity index (χ4n) is 3.46. The van der Waals surface area contributed by atoms with Gasteiger partial charge in [-0.25, -0.2) is 0 Å². The van der Waals surface area contributed by atoms with Crippen LogP contribution in [0.3, 0.4) is 0 Å². The molecule has 0 spiro atoms. The van der Waals surface area contributed by atoms with E-state index in [1.165, 1.54) is 13.8 Å². The zero-order chi connectivity index (χ0) is 24.3. The molecule has 12 heteroatoms. The van der Waals surface area contributed by atoms with Crippen molar-refractivity contribution in [3.63, 3.8) is 0 Å². The van der Waals surface area contributed by atoms with Gasteiger partial charge in [-0.1, -0.05) is 0 Å². The molecule has 2 heterocycles. The van der Waals surface area contributed by atoms with E-state index in [4.69, 9.17) is 23.7 Å². The fourth-order valence-corrected chi connectivity index (χ4v) is 3.46. The number of rotatable bonds is 6. The van der Waals surface area contributed by atoms with Crippen LogP contribution in [0.25, 0.3) is 0 Å². The van der Waals surface area contributed by atoms with Gasteiger partial charge in [0.1, 0.15) is 18.8 Å². The van der Waals surface area contributed by atoms with Gasteiger partial charge >= 0.3 is 23.9 Å². The van der Waals surface area contributed by atoms with Gasteiger partial charge in [0, 0.05) is 38.8 Å². The van der Waals surface area contributed by atoms with E-state index in [1.54, 1.807) is 0 Å². The second-order valence-corrected chi connectivity index (χ2v) is 7.32. The molecule has 0 aromatic carbocycles. The maximum absolute atomic E-state index is 12.8. The van der Waals surface area contributed by atoms with Gasteiger partial charge in [0.2, 0.25) is 6.29 Å². The zero-order valence-electron chi connectivity index (χ0n) is 18.5. The molecule has 0 saturated carbocycles. The Morgan fingerprint density at radius 2 is 1.25 bits per heavy atom. The lowest BCUT2D eigenvalue weighted by Gasteiger charge is -2.46. The Bertz CT molecular complexity index is 853. The Labute approximate surface area is 183 Å². The van der Waals surface area contributed by atoms with Crippen LogP contribution in [-0.4, -0.2) is 77.8 Å². The van der Waals surface area contributed by atoms with Crippen LogP contribution in [0.4, 0.5) is 0 Å². The van der Waals surface area contributed by atoms with Crippen LogP contribution >= 0.6 is 0 Å². The summed E-state index contributed by atoms with van der Waals surface area (Å²) < 4.78 is 26.5. The number of amides is 2. The van der Waals surface area contributed by atoms with Crippen LogP contribution in [0.1, 0.15) is 41.5 Å². The van der Waals surface area contributed by atoms with E-state index in [1.807, 2.05) is 0 Å². The SMILES string of the molecule is CC(=O)OC[C@H]1O[C@@H](OC(C)=O)[C@H](N2C(=O)C(C)=C(C)C2=O)[C@@H](OC(C)=O)[C@@H]1OC(C)=O. The maximum atomic E-state index is 12.8. The molecule has 0 aromatic rings. The van der Waals surface area contributed by atoms with E-state index in [-0.39, 0.29) is 11.1 Å². The van der Waals surface area contributed by atoms with E-state index in [0.717, 1.165) is 32.6 Å². The van der Waals surface area contributed by atoms with Crippen molar-refractivity contribution in [2.24, 2.45) is 0 Å². The second kappa shape index (κ2) is 9.90. The Morgan fingerprint density at radius 3 is 1.69 bits per heavy atom. The van der Waals surface area contributed by atoms with E-state index in [0.29, 0.717) is 0 Å². The summed E-state index contributed by atoms with van der Waals surface area (Å²) in [6, 6.07) is -1.48. The number of ether oxygens (including phenoxy) is 5. The van der Waals surface area contributed by atoms with Crippen molar-refractivity contribution in [1.82, 2.24) is 4.90 Å². The molecule has 2 amide bonds. The van der Waals surface area contributed by atoms with Gasteiger partial charge in [0.05, 0.1) is 0 Å². The molecule has 1 saturated heterocycles. The van der Waals surface area contributed by atoms with Crippen LogP contribution in [0.2, 0.25) is 0 Å². The zero-order valence-corrected chi connectivity index (χ0v) is 18.5. The average Bonchev–Trinajstić information content (AvgIpc) is 2.85. The van der Waals surface area contributed by atoms with Gasteiger partial charge in [-0.05, 0) is 13.8 Å². The number of carbonyl (C=O) groups excluding carboxylic acids is 6. The molecule has 5 atom stereocenters. The van der Waals surface area contributed by atoms with E-state index in [9.17, 15) is 28.8 Å². The molecule has 2 aliphatic heterocycles. The normalized spacial score (nSPS) is 27.8. The minimum absolute atomic E-state index is 0.143. The van der Waals surface area contributed by atoms with E-state index in [2.05, 4.69) is 0 Å². The largest absolute Gasteiger partial charge is 0.463 e. The first kappa shape index (κ1) is 25.0. The van der Waals surface area contributed by atoms with Crippen LogP contribution in [0, 0.1) is 0 Å². The van der Waals surface area contributed by atoms with Crippen molar-refractivity contribution in [3.8, 4) is 0 Å². The molecule has 0 N–H and O–H groups in total. The minimum Gasteiger partial charge on any atom is -0.463 e. The van der Waals surface area contributed by atoms with Gasteiger partial charge in [0.15, 0.2) is 12.2 Å². The summed E-state index contributed by atoms with van der Waals surface area (Å²) in [5, 5.41) is 0. The Kier molecular flexibility index (Phi) is 7.73. The molecule has 12 nitrogen and oxygen atoms in total. The number of hydrogen-bond donors (Lipinski definition) is 0. The maximum Gasteiger partial charge on any atom is 0.305 e. The number of nitrogens with zero attached hydrogens (tertiary/aromatic N) is 1. The topological polar surface area (TPSA) is 152 Å². The third kappa shape index (κ3) is 5.31. The van der Waals surface area contributed by atoms with Crippen molar-refractivity contribution >= 4 is 35.7 Å². The smallest absolute Gasteiger partial charge is 0.305 e. The first-order valence-corrected chi connectivity index (χ1v) is 9.71. The lowest BCUT2D eigenvalue weighted by molar-refractivity contribution is -0.281. The molecule has 0 bridgehead atoms. The molecule has 2 aliphatic rings. The van der Waals surface area contributed by atoms with Crippen LogP contribution in [-0.2, 0) is 52.5 Å². The molecule has 2 rings (SSSR count). The number of imide groups is 1. The van der Waals surface area contributed by atoms with Crippen LogP contribution < -0.4 is 0 Å². The van der Waals surface area contributed by atoms with Crippen molar-refractivity contribution < 1.29 is 52.5 Å². The molecule has 0 aromatic heterocycles. The number of esters is 4. The van der Waals surface area contributed by atoms with Gasteiger partial charge in [0.25, 0.3) is 11.8 Å². The summed E-state index contributed by atoms with van der Waals surface area (Å²) >= 11 is 0.